The quantitative estimate of drug-likeness (QED) is 0.662. The van der Waals surface area contributed by atoms with Crippen LogP contribution in [0.15, 0.2) is 21.9 Å². The van der Waals surface area contributed by atoms with Crippen molar-refractivity contribution in [3.05, 3.63) is 38.7 Å². The predicted octanol–water partition coefficient (Wildman–Crippen LogP) is -0.944. The van der Waals surface area contributed by atoms with Crippen LogP contribution in [-0.2, 0) is 14.1 Å². The summed E-state index contributed by atoms with van der Waals surface area (Å²) in [6.07, 6.45) is 4.78. The highest BCUT2D eigenvalue weighted by Crippen LogP contribution is 1.90. The summed E-state index contributed by atoms with van der Waals surface area (Å²) < 4.78 is 2.42. The maximum Gasteiger partial charge on any atom is 0.330 e. The Morgan fingerprint density at radius 3 is 2.64 bits per heavy atom. The molecule has 76 valence electrons. The molecule has 0 aliphatic heterocycles. The molecule has 0 aromatic carbocycles. The second kappa shape index (κ2) is 4.06. The van der Waals surface area contributed by atoms with Gasteiger partial charge in [-0.1, -0.05) is 12.2 Å². The minimum absolute atomic E-state index is 0.308. The molecule has 0 amide bonds. The standard InChI is InChI=1S/C9H13N3O2/c1-11-6-7(4-3-5-10)8(13)12(2)9(11)14/h3-4,6H,5,10H2,1-2H3/b4-3+. The van der Waals surface area contributed by atoms with Crippen LogP contribution in [0.1, 0.15) is 5.56 Å². The van der Waals surface area contributed by atoms with Crippen LogP contribution in [-0.4, -0.2) is 15.7 Å². The van der Waals surface area contributed by atoms with Gasteiger partial charge in [-0.3, -0.25) is 9.36 Å². The molecule has 1 aromatic rings. The van der Waals surface area contributed by atoms with Crippen LogP contribution in [0.2, 0.25) is 0 Å². The minimum atomic E-state index is -0.333. The van der Waals surface area contributed by atoms with E-state index in [1.807, 2.05) is 0 Å². The van der Waals surface area contributed by atoms with Gasteiger partial charge in [0.2, 0.25) is 0 Å². The molecule has 2 N–H and O–H groups in total. The highest BCUT2D eigenvalue weighted by molar-refractivity contribution is 5.46. The van der Waals surface area contributed by atoms with E-state index in [0.717, 1.165) is 4.57 Å². The van der Waals surface area contributed by atoms with Crippen molar-refractivity contribution in [2.45, 2.75) is 0 Å². The lowest BCUT2D eigenvalue weighted by Crippen LogP contribution is -2.37. The van der Waals surface area contributed by atoms with Gasteiger partial charge in [0.05, 0.1) is 5.56 Å². The molecule has 1 rings (SSSR count). The number of aryl methyl sites for hydroxylation is 1. The number of nitrogens with two attached hydrogens (primary N) is 1. The molecule has 0 saturated heterocycles. The average molecular weight is 195 g/mol. The van der Waals surface area contributed by atoms with Crippen LogP contribution in [0.5, 0.6) is 0 Å². The van der Waals surface area contributed by atoms with Gasteiger partial charge < -0.3 is 10.3 Å². The fraction of sp³-hybridized carbons (Fsp3) is 0.333. The van der Waals surface area contributed by atoms with Gasteiger partial charge in [-0.2, -0.15) is 0 Å². The van der Waals surface area contributed by atoms with Crippen molar-refractivity contribution in [3.63, 3.8) is 0 Å². The molecule has 0 aliphatic carbocycles. The summed E-state index contributed by atoms with van der Waals surface area (Å²) in [5.41, 5.74) is 5.09. The second-order valence-corrected chi connectivity index (χ2v) is 2.98. The third-order valence-corrected chi connectivity index (χ3v) is 1.91. The third kappa shape index (κ3) is 1.82. The van der Waals surface area contributed by atoms with Crippen LogP contribution in [0.4, 0.5) is 0 Å². The Labute approximate surface area is 81.1 Å². The van der Waals surface area contributed by atoms with Crippen molar-refractivity contribution in [3.8, 4) is 0 Å². The molecule has 0 atom stereocenters. The SMILES string of the molecule is Cn1cc(/C=C/CN)c(=O)n(C)c1=O. The summed E-state index contributed by atoms with van der Waals surface area (Å²) in [5, 5.41) is 0. The highest BCUT2D eigenvalue weighted by Gasteiger charge is 2.02. The lowest BCUT2D eigenvalue weighted by molar-refractivity contribution is 0.683. The van der Waals surface area contributed by atoms with Crippen LogP contribution < -0.4 is 17.0 Å². The first-order chi connectivity index (χ1) is 6.57. The van der Waals surface area contributed by atoms with E-state index < -0.39 is 0 Å². The summed E-state index contributed by atoms with van der Waals surface area (Å²) in [6, 6.07) is 0. The fourth-order valence-corrected chi connectivity index (χ4v) is 1.15. The van der Waals surface area contributed by atoms with Gasteiger partial charge in [-0.05, 0) is 0 Å². The Kier molecular flexibility index (Phi) is 3.03. The van der Waals surface area contributed by atoms with E-state index in [9.17, 15) is 9.59 Å². The Hall–Kier alpha value is -1.62. The van der Waals surface area contributed by atoms with Crippen LogP contribution in [0, 0.1) is 0 Å². The summed E-state index contributed by atoms with van der Waals surface area (Å²) in [4.78, 5) is 22.8. The van der Waals surface area contributed by atoms with Crippen LogP contribution in [0.3, 0.4) is 0 Å². The Balaban J connectivity index is 3.41. The summed E-state index contributed by atoms with van der Waals surface area (Å²) in [5.74, 6) is 0. The van der Waals surface area contributed by atoms with Gasteiger partial charge in [-0.25, -0.2) is 4.79 Å². The van der Waals surface area contributed by atoms with Gasteiger partial charge in [0.25, 0.3) is 5.56 Å². The molecule has 5 nitrogen and oxygen atoms in total. The maximum atomic E-state index is 11.5. The van der Waals surface area contributed by atoms with Gasteiger partial charge in [0.1, 0.15) is 0 Å². The smallest absolute Gasteiger partial charge is 0.327 e. The normalized spacial score (nSPS) is 11.1. The van der Waals surface area contributed by atoms with Gasteiger partial charge in [0.15, 0.2) is 0 Å². The molecule has 5 heteroatoms. The maximum absolute atomic E-state index is 11.5. The molecule has 0 radical (unpaired) electrons. The minimum Gasteiger partial charge on any atom is -0.327 e. The van der Waals surface area contributed by atoms with Crippen molar-refractivity contribution < 1.29 is 0 Å². The molecular weight excluding hydrogens is 182 g/mol. The molecule has 0 bridgehead atoms. The average Bonchev–Trinajstić information content (AvgIpc) is 2.18. The van der Waals surface area contributed by atoms with E-state index in [1.165, 1.54) is 17.8 Å². The molecule has 0 spiro atoms. The van der Waals surface area contributed by atoms with E-state index in [1.54, 1.807) is 19.2 Å². The number of hydrogen-bond donors (Lipinski definition) is 1. The Morgan fingerprint density at radius 2 is 2.07 bits per heavy atom. The topological polar surface area (TPSA) is 70.0 Å². The van der Waals surface area contributed by atoms with Crippen molar-refractivity contribution in [2.24, 2.45) is 19.8 Å². The molecule has 1 aromatic heterocycles. The van der Waals surface area contributed by atoms with Crippen LogP contribution >= 0.6 is 0 Å². The van der Waals surface area contributed by atoms with E-state index in [0.29, 0.717) is 12.1 Å². The first-order valence-electron chi connectivity index (χ1n) is 4.21. The number of rotatable bonds is 2. The molecule has 0 unspecified atom stereocenters. The van der Waals surface area contributed by atoms with Crippen molar-refractivity contribution in [2.75, 3.05) is 6.54 Å². The van der Waals surface area contributed by atoms with E-state index >= 15 is 0 Å². The van der Waals surface area contributed by atoms with E-state index in [-0.39, 0.29) is 11.2 Å². The second-order valence-electron chi connectivity index (χ2n) is 2.98. The monoisotopic (exact) mass is 195 g/mol. The highest BCUT2D eigenvalue weighted by atomic mass is 16.2. The van der Waals surface area contributed by atoms with E-state index in [2.05, 4.69) is 0 Å². The zero-order valence-corrected chi connectivity index (χ0v) is 8.23. The van der Waals surface area contributed by atoms with Gasteiger partial charge in [0, 0.05) is 26.8 Å². The molecular formula is C9H13N3O2. The molecule has 1 heterocycles. The Morgan fingerprint density at radius 1 is 1.43 bits per heavy atom. The number of hydrogen-bond acceptors (Lipinski definition) is 3. The first-order valence-corrected chi connectivity index (χ1v) is 4.21. The van der Waals surface area contributed by atoms with Crippen molar-refractivity contribution in [1.82, 2.24) is 9.13 Å². The van der Waals surface area contributed by atoms with Gasteiger partial charge >= 0.3 is 5.69 Å². The summed E-state index contributed by atoms with van der Waals surface area (Å²) in [6.45, 7) is 0.367. The number of aromatic nitrogens is 2. The summed E-state index contributed by atoms with van der Waals surface area (Å²) in [7, 11) is 3.05. The van der Waals surface area contributed by atoms with Crippen LogP contribution in [0.25, 0.3) is 6.08 Å². The lowest BCUT2D eigenvalue weighted by atomic mass is 10.3. The van der Waals surface area contributed by atoms with Gasteiger partial charge in [-0.15, -0.1) is 0 Å². The zero-order chi connectivity index (χ0) is 10.7. The fourth-order valence-electron chi connectivity index (χ4n) is 1.15. The first kappa shape index (κ1) is 10.5. The lowest BCUT2D eigenvalue weighted by Gasteiger charge is -2.02. The number of nitrogens with zero attached hydrogens (tertiary/aromatic N) is 2. The molecule has 0 saturated carbocycles. The van der Waals surface area contributed by atoms with Crippen molar-refractivity contribution in [1.29, 1.82) is 0 Å². The molecule has 14 heavy (non-hydrogen) atoms. The van der Waals surface area contributed by atoms with Crippen molar-refractivity contribution >= 4 is 6.08 Å². The zero-order valence-electron chi connectivity index (χ0n) is 8.23. The predicted molar refractivity (Wildman–Crippen MR) is 55.0 cm³/mol. The molecule has 0 aliphatic rings. The molecule has 0 fully saturated rings. The Bertz CT molecular complexity index is 468. The third-order valence-electron chi connectivity index (χ3n) is 1.91. The summed E-state index contributed by atoms with van der Waals surface area (Å²) >= 11 is 0. The van der Waals surface area contributed by atoms with E-state index in [4.69, 9.17) is 5.73 Å². The largest absolute Gasteiger partial charge is 0.330 e.